The number of benzene rings is 2. The first kappa shape index (κ1) is 18.2. The van der Waals surface area contributed by atoms with Crippen molar-refractivity contribution >= 4 is 8.07 Å². The number of rotatable bonds is 3. The molecule has 1 aliphatic rings. The maximum absolute atomic E-state index is 4.67. The average molecular weight is 372 g/mol. The summed E-state index contributed by atoms with van der Waals surface area (Å²) in [7, 11) is -0.947. The first-order valence-electron chi connectivity index (χ1n) is 10.1. The summed E-state index contributed by atoms with van der Waals surface area (Å²) in [5.74, 6) is 0. The normalized spacial score (nSPS) is 18.2. The molecule has 0 bridgehead atoms. The van der Waals surface area contributed by atoms with Crippen LogP contribution in [0.5, 0.6) is 0 Å². The van der Waals surface area contributed by atoms with E-state index in [2.05, 4.69) is 91.7 Å². The molecular weight excluding hydrogens is 342 g/mol. The molecule has 2 heteroatoms. The summed E-state index contributed by atoms with van der Waals surface area (Å²) in [5, 5.41) is 0. The highest BCUT2D eigenvalue weighted by Crippen LogP contribution is 2.43. The summed E-state index contributed by atoms with van der Waals surface area (Å²) in [6.45, 7) is 7.55. The predicted octanol–water partition coefficient (Wildman–Crippen LogP) is 7.18. The van der Waals surface area contributed by atoms with Gasteiger partial charge in [-0.1, -0.05) is 80.6 Å². The van der Waals surface area contributed by atoms with E-state index >= 15 is 0 Å². The van der Waals surface area contributed by atoms with Crippen LogP contribution >= 0.6 is 0 Å². The third-order valence-electron chi connectivity index (χ3n) is 6.43. The van der Waals surface area contributed by atoms with E-state index in [1.54, 1.807) is 0 Å². The van der Waals surface area contributed by atoms with E-state index in [1.165, 1.54) is 47.2 Å². The highest BCUT2D eigenvalue weighted by atomic mass is 28.3. The Balaban J connectivity index is 1.66. The molecule has 0 amide bonds. The van der Waals surface area contributed by atoms with Crippen LogP contribution in [-0.4, -0.2) is 13.1 Å². The number of hydrogen-bond acceptors (Lipinski definition) is 1. The van der Waals surface area contributed by atoms with E-state index in [-0.39, 0.29) is 0 Å². The lowest BCUT2D eigenvalue weighted by Gasteiger charge is -2.41. The van der Waals surface area contributed by atoms with Gasteiger partial charge in [0.2, 0.25) is 0 Å². The molecule has 138 valence electrons. The van der Waals surface area contributed by atoms with Crippen LogP contribution in [-0.2, 0) is 5.41 Å². The molecule has 0 N–H and O–H groups in total. The van der Waals surface area contributed by atoms with Gasteiger partial charge in [-0.25, -0.2) is 0 Å². The number of hydrogen-bond donors (Lipinski definition) is 0. The number of aromatic nitrogens is 1. The largest absolute Gasteiger partial charge is 0.256 e. The summed E-state index contributed by atoms with van der Waals surface area (Å²) < 4.78 is 0. The van der Waals surface area contributed by atoms with Gasteiger partial charge in [0.15, 0.2) is 0 Å². The number of pyridine rings is 1. The predicted molar refractivity (Wildman–Crippen MR) is 119 cm³/mol. The zero-order valence-electron chi connectivity index (χ0n) is 16.7. The fraction of sp³-hybridized carbons (Fsp3) is 0.320. The van der Waals surface area contributed by atoms with E-state index in [0.29, 0.717) is 5.41 Å². The van der Waals surface area contributed by atoms with Gasteiger partial charge in [-0.3, -0.25) is 4.98 Å². The van der Waals surface area contributed by atoms with Crippen LogP contribution in [0, 0.1) is 0 Å². The Kier molecular flexibility index (Phi) is 4.77. The van der Waals surface area contributed by atoms with Crippen LogP contribution in [0.2, 0.25) is 25.2 Å². The molecule has 0 radical (unpaired) electrons. The van der Waals surface area contributed by atoms with E-state index in [9.17, 15) is 0 Å². The number of nitrogens with zero attached hydrogens (tertiary/aromatic N) is 1. The van der Waals surface area contributed by atoms with Gasteiger partial charge < -0.3 is 0 Å². The van der Waals surface area contributed by atoms with Crippen LogP contribution < -0.4 is 0 Å². The van der Waals surface area contributed by atoms with Crippen molar-refractivity contribution in [2.75, 3.05) is 0 Å². The van der Waals surface area contributed by atoms with E-state index in [4.69, 9.17) is 0 Å². The minimum absolute atomic E-state index is 0.315. The van der Waals surface area contributed by atoms with Gasteiger partial charge in [-0.2, -0.15) is 0 Å². The first-order valence-corrected chi connectivity index (χ1v) is 13.5. The summed E-state index contributed by atoms with van der Waals surface area (Å²) in [4.78, 5) is 4.67. The second kappa shape index (κ2) is 7.08. The van der Waals surface area contributed by atoms with Crippen molar-refractivity contribution in [1.29, 1.82) is 0 Å². The maximum atomic E-state index is 4.67. The second-order valence-corrected chi connectivity index (χ2v) is 14.4. The van der Waals surface area contributed by atoms with Gasteiger partial charge in [0.1, 0.15) is 0 Å². The van der Waals surface area contributed by atoms with Gasteiger partial charge in [-0.05, 0) is 53.1 Å². The van der Waals surface area contributed by atoms with Crippen molar-refractivity contribution in [3.8, 4) is 22.4 Å². The molecule has 1 saturated heterocycles. The van der Waals surface area contributed by atoms with Gasteiger partial charge in [0, 0.05) is 19.8 Å². The van der Waals surface area contributed by atoms with Crippen molar-refractivity contribution in [3.05, 3.63) is 78.5 Å². The van der Waals surface area contributed by atoms with Crippen molar-refractivity contribution < 1.29 is 0 Å². The van der Waals surface area contributed by atoms with Gasteiger partial charge >= 0.3 is 0 Å². The Morgan fingerprint density at radius 1 is 0.778 bits per heavy atom. The molecule has 27 heavy (non-hydrogen) atoms. The lowest BCUT2D eigenvalue weighted by Crippen LogP contribution is -2.38. The molecule has 0 unspecified atom stereocenters. The van der Waals surface area contributed by atoms with Gasteiger partial charge in [0.25, 0.3) is 0 Å². The lowest BCUT2D eigenvalue weighted by molar-refractivity contribution is 0.416. The topological polar surface area (TPSA) is 12.9 Å². The smallest absolute Gasteiger partial charge is 0.0708 e. The zero-order valence-corrected chi connectivity index (χ0v) is 17.7. The Morgan fingerprint density at radius 2 is 1.48 bits per heavy atom. The molecule has 0 spiro atoms. The molecule has 4 rings (SSSR count). The summed E-state index contributed by atoms with van der Waals surface area (Å²) in [6.07, 6.45) is 4.58. The monoisotopic (exact) mass is 371 g/mol. The molecule has 2 aromatic carbocycles. The quantitative estimate of drug-likeness (QED) is 0.444. The molecule has 0 aliphatic carbocycles. The molecular formula is C25H29NSi. The minimum Gasteiger partial charge on any atom is -0.256 e. The molecule has 0 atom stereocenters. The van der Waals surface area contributed by atoms with Crippen molar-refractivity contribution in [1.82, 2.24) is 4.98 Å². The SMILES string of the molecule is CC1(c2cccc(-c3cc(-c4ccccc4)ccn3)c2)CC[Si](C)(C)CC1. The summed E-state index contributed by atoms with van der Waals surface area (Å²) in [6, 6.07) is 26.9. The summed E-state index contributed by atoms with van der Waals surface area (Å²) in [5.41, 5.74) is 6.55. The molecule has 2 heterocycles. The summed E-state index contributed by atoms with van der Waals surface area (Å²) >= 11 is 0. The molecule has 1 aromatic heterocycles. The van der Waals surface area contributed by atoms with Crippen molar-refractivity contribution in [3.63, 3.8) is 0 Å². The van der Waals surface area contributed by atoms with Crippen molar-refractivity contribution in [2.24, 2.45) is 0 Å². The standard InChI is InChI=1S/C25H29NSi/c1-25(13-16-27(2,3)17-14-25)23-11-7-10-22(18-23)24-19-21(12-15-26-24)20-8-5-4-6-9-20/h4-12,15,18-19H,13-14,16-17H2,1-3H3. The highest BCUT2D eigenvalue weighted by Gasteiger charge is 2.37. The fourth-order valence-electron chi connectivity index (χ4n) is 4.22. The third kappa shape index (κ3) is 3.91. The van der Waals surface area contributed by atoms with Crippen LogP contribution in [0.3, 0.4) is 0 Å². The van der Waals surface area contributed by atoms with E-state index in [0.717, 1.165) is 5.69 Å². The van der Waals surface area contributed by atoms with E-state index < -0.39 is 8.07 Å². The molecule has 0 saturated carbocycles. The first-order chi connectivity index (χ1) is 13.0. The lowest BCUT2D eigenvalue weighted by atomic mass is 9.77. The minimum atomic E-state index is -0.947. The zero-order chi connectivity index (χ0) is 18.9. The van der Waals surface area contributed by atoms with E-state index in [1.807, 2.05) is 6.20 Å². The molecule has 1 aliphatic heterocycles. The molecule has 1 nitrogen and oxygen atoms in total. The average Bonchev–Trinajstić information content (AvgIpc) is 2.71. The van der Waals surface area contributed by atoms with Crippen LogP contribution in [0.15, 0.2) is 72.9 Å². The molecule has 1 fully saturated rings. The van der Waals surface area contributed by atoms with Crippen LogP contribution in [0.25, 0.3) is 22.4 Å². The third-order valence-corrected chi connectivity index (χ3v) is 9.64. The Bertz CT molecular complexity index is 920. The van der Waals surface area contributed by atoms with Crippen LogP contribution in [0.1, 0.15) is 25.3 Å². The van der Waals surface area contributed by atoms with Crippen molar-refractivity contribution in [2.45, 2.75) is 50.4 Å². The fourth-order valence-corrected chi connectivity index (χ4v) is 6.93. The Labute approximate surface area is 164 Å². The van der Waals surface area contributed by atoms with Gasteiger partial charge in [-0.15, -0.1) is 0 Å². The van der Waals surface area contributed by atoms with Gasteiger partial charge in [0.05, 0.1) is 5.69 Å². The second-order valence-electron chi connectivity index (χ2n) is 9.10. The highest BCUT2D eigenvalue weighted by molar-refractivity contribution is 6.77. The maximum Gasteiger partial charge on any atom is 0.0708 e. The van der Waals surface area contributed by atoms with Crippen LogP contribution in [0.4, 0.5) is 0 Å². The Morgan fingerprint density at radius 3 is 2.22 bits per heavy atom. The molecule has 3 aromatic rings. The Hall–Kier alpha value is -2.19.